The maximum absolute atomic E-state index is 13.1. The molecule has 4 rings (SSSR count). The molecule has 0 radical (unpaired) electrons. The first kappa shape index (κ1) is 20.1. The van der Waals surface area contributed by atoms with E-state index in [9.17, 15) is 34.8 Å². The number of esters is 1. The van der Waals surface area contributed by atoms with Gasteiger partial charge in [-0.05, 0) is 24.1 Å². The van der Waals surface area contributed by atoms with Crippen molar-refractivity contribution < 1.29 is 39.5 Å². The second-order valence-electron chi connectivity index (χ2n) is 7.64. The van der Waals surface area contributed by atoms with E-state index in [0.717, 1.165) is 7.11 Å². The van der Waals surface area contributed by atoms with Crippen LogP contribution in [0.5, 0.6) is 11.5 Å². The van der Waals surface area contributed by atoms with E-state index in [2.05, 4.69) is 0 Å². The Kier molecular flexibility index (Phi) is 4.44. The molecular weight excluding hydrogens is 392 g/mol. The highest BCUT2D eigenvalue weighted by Crippen LogP contribution is 2.52. The number of hydrogen-bond donors (Lipinski definition) is 4. The number of ether oxygens (including phenoxy) is 1. The van der Waals surface area contributed by atoms with Gasteiger partial charge in [0.25, 0.3) is 0 Å². The average molecular weight is 412 g/mol. The molecule has 0 bridgehead atoms. The van der Waals surface area contributed by atoms with E-state index in [-0.39, 0.29) is 46.2 Å². The molecule has 2 aliphatic rings. The van der Waals surface area contributed by atoms with Crippen LogP contribution in [0.25, 0.3) is 0 Å². The highest BCUT2D eigenvalue weighted by Gasteiger charge is 2.51. The monoisotopic (exact) mass is 412 g/mol. The molecule has 156 valence electrons. The van der Waals surface area contributed by atoms with Gasteiger partial charge < -0.3 is 25.2 Å². The molecule has 2 aliphatic carbocycles. The van der Waals surface area contributed by atoms with Crippen molar-refractivity contribution in [3.05, 3.63) is 57.6 Å². The minimum atomic E-state index is -1.73. The zero-order chi connectivity index (χ0) is 22.0. The summed E-state index contributed by atoms with van der Waals surface area (Å²) in [7, 11) is 1.13. The van der Waals surface area contributed by atoms with Gasteiger partial charge in [-0.25, -0.2) is 0 Å². The Bertz CT molecular complexity index is 1120. The smallest absolute Gasteiger partial charge is 0.316 e. The molecule has 30 heavy (non-hydrogen) atoms. The number of hydrogen-bond acceptors (Lipinski definition) is 8. The predicted octanol–water partition coefficient (Wildman–Crippen LogP) is 1.71. The van der Waals surface area contributed by atoms with E-state index in [4.69, 9.17) is 4.74 Å². The third kappa shape index (κ3) is 2.50. The standard InChI is InChI=1S/C22H20O8/c1-3-22(29)8-13(24)10-7-11-16(20(27)15(10)17(22)21(28)30-2)19(26)14-9(18(11)25)5-4-6-12(14)23/h4-7,13,17,23-24,27,29H,3,8H2,1-2H3. The summed E-state index contributed by atoms with van der Waals surface area (Å²) in [5.74, 6) is -4.71. The molecule has 3 atom stereocenters. The van der Waals surface area contributed by atoms with Crippen molar-refractivity contribution in [2.24, 2.45) is 0 Å². The number of rotatable bonds is 2. The first-order valence-electron chi connectivity index (χ1n) is 9.45. The lowest BCUT2D eigenvalue weighted by Gasteiger charge is -2.42. The summed E-state index contributed by atoms with van der Waals surface area (Å²) in [6.07, 6.45) is -1.43. The van der Waals surface area contributed by atoms with Gasteiger partial charge in [0.2, 0.25) is 5.78 Å². The molecule has 0 spiro atoms. The fourth-order valence-corrected chi connectivity index (χ4v) is 4.57. The van der Waals surface area contributed by atoms with Gasteiger partial charge in [0.05, 0.1) is 29.9 Å². The molecule has 0 amide bonds. The summed E-state index contributed by atoms with van der Waals surface area (Å²) < 4.78 is 4.82. The molecule has 4 N–H and O–H groups in total. The van der Waals surface area contributed by atoms with Crippen LogP contribution in [0.15, 0.2) is 24.3 Å². The van der Waals surface area contributed by atoms with Crippen LogP contribution < -0.4 is 0 Å². The van der Waals surface area contributed by atoms with Crippen molar-refractivity contribution in [3.63, 3.8) is 0 Å². The molecule has 0 heterocycles. The van der Waals surface area contributed by atoms with Gasteiger partial charge in [0.1, 0.15) is 17.4 Å². The van der Waals surface area contributed by atoms with Crippen molar-refractivity contribution in [3.8, 4) is 11.5 Å². The number of methoxy groups -OCH3 is 1. The second kappa shape index (κ2) is 6.65. The van der Waals surface area contributed by atoms with Gasteiger partial charge in [-0.3, -0.25) is 14.4 Å². The fraction of sp³-hybridized carbons (Fsp3) is 0.318. The first-order chi connectivity index (χ1) is 14.2. The lowest BCUT2D eigenvalue weighted by Crippen LogP contribution is -2.46. The molecule has 2 aromatic rings. The van der Waals surface area contributed by atoms with E-state index in [1.807, 2.05) is 0 Å². The Morgan fingerprint density at radius 3 is 2.50 bits per heavy atom. The van der Waals surface area contributed by atoms with Crippen molar-refractivity contribution in [2.75, 3.05) is 7.11 Å². The molecule has 8 nitrogen and oxygen atoms in total. The van der Waals surface area contributed by atoms with Gasteiger partial charge >= 0.3 is 5.97 Å². The summed E-state index contributed by atoms with van der Waals surface area (Å²) in [6.45, 7) is 1.62. The van der Waals surface area contributed by atoms with Crippen LogP contribution in [0.4, 0.5) is 0 Å². The summed E-state index contributed by atoms with van der Waals surface area (Å²) in [6, 6.07) is 5.33. The number of aliphatic hydroxyl groups is 2. The Morgan fingerprint density at radius 2 is 1.87 bits per heavy atom. The number of phenols is 2. The fourth-order valence-electron chi connectivity index (χ4n) is 4.57. The normalized spacial score (nSPS) is 24.7. The van der Waals surface area contributed by atoms with E-state index in [0.29, 0.717) is 0 Å². The number of phenolic OH excluding ortho intramolecular Hbond substituents is 2. The van der Waals surface area contributed by atoms with Crippen LogP contribution in [0.1, 0.15) is 74.8 Å². The Labute approximate surface area is 171 Å². The number of fused-ring (bicyclic) bond motifs is 3. The molecule has 0 aromatic heterocycles. The summed E-state index contributed by atoms with van der Waals surface area (Å²) in [5.41, 5.74) is -2.59. The first-order valence-corrected chi connectivity index (χ1v) is 9.45. The van der Waals surface area contributed by atoms with Crippen LogP contribution in [0.3, 0.4) is 0 Å². The molecule has 3 unspecified atom stereocenters. The van der Waals surface area contributed by atoms with E-state index >= 15 is 0 Å². The summed E-state index contributed by atoms with van der Waals surface area (Å²) in [4.78, 5) is 38.7. The number of benzene rings is 2. The van der Waals surface area contributed by atoms with Crippen molar-refractivity contribution in [1.29, 1.82) is 0 Å². The molecule has 2 aromatic carbocycles. The Morgan fingerprint density at radius 1 is 1.17 bits per heavy atom. The molecule has 0 saturated carbocycles. The lowest BCUT2D eigenvalue weighted by atomic mass is 9.67. The predicted molar refractivity (Wildman–Crippen MR) is 103 cm³/mol. The van der Waals surface area contributed by atoms with Crippen LogP contribution in [-0.4, -0.2) is 50.7 Å². The largest absolute Gasteiger partial charge is 0.507 e. The van der Waals surface area contributed by atoms with Gasteiger partial charge in [0.15, 0.2) is 5.78 Å². The molecule has 0 aliphatic heterocycles. The highest BCUT2D eigenvalue weighted by atomic mass is 16.5. The molecule has 0 fully saturated rings. The third-order valence-corrected chi connectivity index (χ3v) is 6.14. The number of ketones is 2. The van der Waals surface area contributed by atoms with Crippen LogP contribution in [0, 0.1) is 0 Å². The third-order valence-electron chi connectivity index (χ3n) is 6.14. The molecular formula is C22H20O8. The van der Waals surface area contributed by atoms with Crippen LogP contribution >= 0.6 is 0 Å². The summed E-state index contributed by atoms with van der Waals surface area (Å²) >= 11 is 0. The zero-order valence-electron chi connectivity index (χ0n) is 16.3. The Hall–Kier alpha value is -3.23. The zero-order valence-corrected chi connectivity index (χ0v) is 16.3. The van der Waals surface area contributed by atoms with Crippen LogP contribution in [-0.2, 0) is 9.53 Å². The number of carbonyl (C=O) groups is 3. The minimum absolute atomic E-state index is 0.0215. The quantitative estimate of drug-likeness (QED) is 0.466. The van der Waals surface area contributed by atoms with Gasteiger partial charge in [-0.1, -0.05) is 19.1 Å². The Balaban J connectivity index is 2.05. The van der Waals surface area contributed by atoms with E-state index < -0.39 is 46.7 Å². The van der Waals surface area contributed by atoms with Gasteiger partial charge in [-0.2, -0.15) is 0 Å². The van der Waals surface area contributed by atoms with E-state index in [1.54, 1.807) is 6.92 Å². The topological polar surface area (TPSA) is 141 Å². The molecule has 0 saturated heterocycles. The second-order valence-corrected chi connectivity index (χ2v) is 7.64. The van der Waals surface area contributed by atoms with E-state index in [1.165, 1.54) is 24.3 Å². The minimum Gasteiger partial charge on any atom is -0.507 e. The van der Waals surface area contributed by atoms with Crippen LogP contribution in [0.2, 0.25) is 0 Å². The number of aliphatic hydroxyl groups excluding tert-OH is 1. The van der Waals surface area contributed by atoms with Crippen molar-refractivity contribution in [1.82, 2.24) is 0 Å². The SMILES string of the molecule is CCC1(O)CC(O)c2cc3c(c(O)c2C1C(=O)OC)C(=O)c1c(O)cccc1C3=O. The highest BCUT2D eigenvalue weighted by molar-refractivity contribution is 6.30. The van der Waals surface area contributed by atoms with Gasteiger partial charge in [0, 0.05) is 23.1 Å². The van der Waals surface area contributed by atoms with Crippen molar-refractivity contribution in [2.45, 2.75) is 37.4 Å². The number of aromatic hydroxyl groups is 2. The van der Waals surface area contributed by atoms with Crippen molar-refractivity contribution >= 4 is 17.5 Å². The number of carbonyl (C=O) groups excluding carboxylic acids is 3. The summed E-state index contributed by atoms with van der Waals surface area (Å²) in [5, 5.41) is 42.9. The molecule has 8 heteroatoms. The lowest BCUT2D eigenvalue weighted by molar-refractivity contribution is -0.153. The van der Waals surface area contributed by atoms with Gasteiger partial charge in [-0.15, -0.1) is 0 Å². The maximum Gasteiger partial charge on any atom is 0.316 e. The maximum atomic E-state index is 13.1. The average Bonchev–Trinajstić information content (AvgIpc) is 2.71.